The van der Waals surface area contributed by atoms with Crippen molar-refractivity contribution in [1.29, 1.82) is 0 Å². The zero-order valence-corrected chi connectivity index (χ0v) is 4.44. The maximum Gasteiger partial charge on any atom is 0.195 e. The molecule has 5 heavy (non-hydrogen) atoms. The third-order valence-electron chi connectivity index (χ3n) is 0.279. The zero-order valence-electron chi connectivity index (χ0n) is 3.28. The van der Waals surface area contributed by atoms with Crippen molar-refractivity contribution in [3.8, 4) is 11.7 Å². The van der Waals surface area contributed by atoms with Crippen molar-refractivity contribution < 1.29 is 0 Å². The van der Waals surface area contributed by atoms with E-state index in [1.165, 1.54) is 0 Å². The molecule has 0 heterocycles. The van der Waals surface area contributed by atoms with Crippen LogP contribution in [0.2, 0.25) is 0 Å². The summed E-state index contributed by atoms with van der Waals surface area (Å²) < 4.78 is 0. The molecule has 1 atom stereocenters. The Kier molecular flexibility index (Phi) is 4.10. The summed E-state index contributed by atoms with van der Waals surface area (Å²) in [5.74, 6) is 5.57. The molecule has 0 rings (SSSR count). The van der Waals surface area contributed by atoms with Crippen molar-refractivity contribution in [2.24, 2.45) is 0 Å². The van der Waals surface area contributed by atoms with Gasteiger partial charge in [-0.15, -0.1) is 15.2 Å². The predicted octanol–water partition coefficient (Wildman–Crippen LogP) is -0.545. The van der Waals surface area contributed by atoms with Gasteiger partial charge in [-0.2, -0.15) is 5.82 Å². The molecular formula is C3H6BP. The minimum atomic E-state index is 0.899. The van der Waals surface area contributed by atoms with Crippen molar-refractivity contribution in [2.45, 2.75) is 0 Å². The topological polar surface area (TPSA) is 0 Å². The third-order valence-corrected chi connectivity index (χ3v) is 0.483. The highest BCUT2D eigenvalue weighted by atomic mass is 31.0. The largest absolute Gasteiger partial charge is 0.195 e. The van der Waals surface area contributed by atoms with E-state index in [4.69, 9.17) is 0 Å². The molecule has 0 aliphatic carbocycles. The van der Waals surface area contributed by atoms with Crippen molar-refractivity contribution in [3.05, 3.63) is 0 Å². The van der Waals surface area contributed by atoms with Gasteiger partial charge in [-0.1, -0.05) is 0 Å². The molecule has 0 nitrogen and oxygen atoms in total. The minimum absolute atomic E-state index is 0.899. The first-order valence-corrected chi connectivity index (χ1v) is 2.33. The Balaban J connectivity index is 2.81. The van der Waals surface area contributed by atoms with Gasteiger partial charge in [0, 0.05) is 6.16 Å². The summed E-state index contributed by atoms with van der Waals surface area (Å²) in [4.78, 5) is 0. The molecule has 0 aromatic rings. The van der Waals surface area contributed by atoms with Gasteiger partial charge in [-0.3, -0.25) is 0 Å². The lowest BCUT2D eigenvalue weighted by Gasteiger charge is -1.58. The monoisotopic (exact) mass is 84.0 g/mol. The van der Waals surface area contributed by atoms with E-state index >= 15 is 0 Å². The summed E-state index contributed by atoms with van der Waals surface area (Å²) in [6, 6.07) is 0. The van der Waals surface area contributed by atoms with Crippen LogP contribution in [0.25, 0.3) is 0 Å². The Hall–Kier alpha value is 0.0549. The second kappa shape index (κ2) is 4.05. The fourth-order valence-electron chi connectivity index (χ4n) is 0.102. The van der Waals surface area contributed by atoms with Crippen molar-refractivity contribution >= 4 is 17.1 Å². The maximum atomic E-state index is 2.82. The van der Waals surface area contributed by atoms with E-state index in [-0.39, 0.29) is 0 Å². The van der Waals surface area contributed by atoms with Gasteiger partial charge in [0.2, 0.25) is 0 Å². The van der Waals surface area contributed by atoms with E-state index in [1.807, 2.05) is 7.85 Å². The van der Waals surface area contributed by atoms with Crippen LogP contribution in [-0.4, -0.2) is 14.0 Å². The van der Waals surface area contributed by atoms with Gasteiger partial charge < -0.3 is 0 Å². The highest BCUT2D eigenvalue weighted by Gasteiger charge is 1.48. The first-order valence-electron chi connectivity index (χ1n) is 1.51. The maximum absolute atomic E-state index is 2.82. The van der Waals surface area contributed by atoms with E-state index in [2.05, 4.69) is 21.0 Å². The third kappa shape index (κ3) is 4.05. The Morgan fingerprint density at radius 2 is 2.40 bits per heavy atom. The van der Waals surface area contributed by atoms with Crippen molar-refractivity contribution in [3.63, 3.8) is 0 Å². The van der Waals surface area contributed by atoms with Crippen LogP contribution >= 0.6 is 9.24 Å². The first-order chi connectivity index (χ1) is 2.41. The quantitative estimate of drug-likeness (QED) is 0.210. The average Bonchev–Trinajstić information content (AvgIpc) is 1.41. The lowest BCUT2D eigenvalue weighted by atomic mass is 10.2. The molecule has 0 aliphatic heterocycles. The molecule has 0 aromatic carbocycles. The smallest absolute Gasteiger partial charge is 0.165 e. The molecule has 0 spiro atoms. The van der Waals surface area contributed by atoms with Gasteiger partial charge in [0.1, 0.15) is 0 Å². The second-order valence-electron chi connectivity index (χ2n) is 0.631. The Labute approximate surface area is 36.0 Å². The van der Waals surface area contributed by atoms with Crippen LogP contribution in [0, 0.1) is 11.7 Å². The molecule has 0 aromatic heterocycles. The summed E-state index contributed by atoms with van der Waals surface area (Å²) in [6.45, 7) is 0. The van der Waals surface area contributed by atoms with Gasteiger partial charge in [0.25, 0.3) is 0 Å². The Morgan fingerprint density at radius 1 is 1.80 bits per heavy atom. The zero-order chi connectivity index (χ0) is 4.12. The molecule has 0 N–H and O–H groups in total. The van der Waals surface area contributed by atoms with E-state index in [0.29, 0.717) is 0 Å². The second-order valence-corrected chi connectivity index (χ2v) is 1.04. The molecule has 0 saturated carbocycles. The molecule has 0 fully saturated rings. The highest BCUT2D eigenvalue weighted by Crippen LogP contribution is 1.70. The minimum Gasteiger partial charge on any atom is -0.165 e. The summed E-state index contributed by atoms with van der Waals surface area (Å²) in [7, 11) is 4.36. The van der Waals surface area contributed by atoms with E-state index in [0.717, 1.165) is 6.16 Å². The summed E-state index contributed by atoms with van der Waals surface area (Å²) in [5, 5.41) is 0. The molecule has 2 heteroatoms. The van der Waals surface area contributed by atoms with Gasteiger partial charge in [-0.25, -0.2) is 0 Å². The van der Waals surface area contributed by atoms with Crippen LogP contribution < -0.4 is 0 Å². The van der Waals surface area contributed by atoms with Crippen LogP contribution in [0.1, 0.15) is 0 Å². The van der Waals surface area contributed by atoms with E-state index in [1.54, 1.807) is 0 Å². The number of hydrogen-bond acceptors (Lipinski definition) is 0. The Morgan fingerprint density at radius 3 is 2.40 bits per heavy atom. The van der Waals surface area contributed by atoms with E-state index < -0.39 is 0 Å². The van der Waals surface area contributed by atoms with Crippen molar-refractivity contribution in [1.82, 2.24) is 0 Å². The summed E-state index contributed by atoms with van der Waals surface area (Å²) >= 11 is 0. The molecule has 0 bridgehead atoms. The molecule has 0 saturated heterocycles. The van der Waals surface area contributed by atoms with Gasteiger partial charge in [-0.05, 0) is 0 Å². The number of rotatable bonds is 0. The van der Waals surface area contributed by atoms with Gasteiger partial charge in [0.05, 0.1) is 0 Å². The highest BCUT2D eigenvalue weighted by molar-refractivity contribution is 7.16. The Bertz CT molecular complexity index is 59.0. The van der Waals surface area contributed by atoms with Crippen molar-refractivity contribution in [2.75, 3.05) is 6.16 Å². The van der Waals surface area contributed by atoms with Gasteiger partial charge in [0.15, 0.2) is 7.85 Å². The molecule has 0 radical (unpaired) electrons. The van der Waals surface area contributed by atoms with Crippen LogP contribution in [0.5, 0.6) is 0 Å². The molecule has 0 aliphatic rings. The lowest BCUT2D eigenvalue weighted by Crippen LogP contribution is -1.55. The summed E-state index contributed by atoms with van der Waals surface area (Å²) in [6.07, 6.45) is 0.899. The lowest BCUT2D eigenvalue weighted by molar-refractivity contribution is 1.97. The van der Waals surface area contributed by atoms with Crippen LogP contribution in [0.4, 0.5) is 0 Å². The first kappa shape index (κ1) is 5.05. The van der Waals surface area contributed by atoms with Gasteiger partial charge >= 0.3 is 0 Å². The molecular weight excluding hydrogens is 77.8 g/mol. The van der Waals surface area contributed by atoms with Crippen LogP contribution in [0.15, 0.2) is 0 Å². The SMILES string of the molecule is BC#CCP. The molecule has 0 amide bonds. The van der Waals surface area contributed by atoms with Crippen LogP contribution in [-0.2, 0) is 0 Å². The normalized spacial score (nSPS) is 5.00. The fourth-order valence-corrected chi connectivity index (χ4v) is 0.306. The summed E-state index contributed by atoms with van der Waals surface area (Å²) in [5.41, 5.74) is 0. The number of hydrogen-bond donors (Lipinski definition) is 0. The van der Waals surface area contributed by atoms with Crippen LogP contribution in [0.3, 0.4) is 0 Å². The average molecular weight is 83.9 g/mol. The molecule has 26 valence electrons. The predicted molar refractivity (Wildman–Crippen MR) is 30.9 cm³/mol. The molecule has 1 unspecified atom stereocenters. The fraction of sp³-hybridized carbons (Fsp3) is 0.333. The van der Waals surface area contributed by atoms with E-state index in [9.17, 15) is 0 Å². The standard InChI is InChI=1S/C3H6BP/c4-2-1-3-5/h3-5H2.